The van der Waals surface area contributed by atoms with Gasteiger partial charge in [0.15, 0.2) is 0 Å². The lowest BCUT2D eigenvalue weighted by Crippen LogP contribution is -2.40. The fourth-order valence-electron chi connectivity index (χ4n) is 2.28. The van der Waals surface area contributed by atoms with Gasteiger partial charge in [0.1, 0.15) is 5.41 Å². The minimum Gasteiger partial charge on any atom is -0.375 e. The smallest absolute Gasteiger partial charge is 0.240 e. The zero-order valence-corrected chi connectivity index (χ0v) is 13.2. The van der Waals surface area contributed by atoms with Gasteiger partial charge in [-0.1, -0.05) is 32.0 Å². The van der Waals surface area contributed by atoms with Crippen molar-refractivity contribution in [2.45, 2.75) is 33.1 Å². The van der Waals surface area contributed by atoms with Crippen molar-refractivity contribution in [1.29, 1.82) is 5.26 Å². The largest absolute Gasteiger partial charge is 0.375 e. The molecule has 0 saturated carbocycles. The molecule has 4 heteroatoms. The Bertz CT molecular complexity index is 475. The molecule has 0 saturated heterocycles. The first kappa shape index (κ1) is 17.0. The zero-order valence-electron chi connectivity index (χ0n) is 13.2. The molecule has 1 aromatic carbocycles. The summed E-state index contributed by atoms with van der Waals surface area (Å²) in [4.78, 5) is 14.3. The van der Waals surface area contributed by atoms with Crippen molar-refractivity contribution < 1.29 is 4.79 Å². The highest BCUT2D eigenvalue weighted by Gasteiger charge is 2.34. The Labute approximate surface area is 127 Å². The number of nitriles is 1. The van der Waals surface area contributed by atoms with Gasteiger partial charge in [0.2, 0.25) is 5.91 Å². The highest BCUT2D eigenvalue weighted by molar-refractivity contribution is 5.85. The molecule has 0 bridgehead atoms. The molecule has 0 aliphatic carbocycles. The molecule has 114 valence electrons. The molecule has 0 aliphatic rings. The lowest BCUT2D eigenvalue weighted by Gasteiger charge is -2.23. The number of benzene rings is 1. The van der Waals surface area contributed by atoms with Crippen LogP contribution < -0.4 is 10.2 Å². The summed E-state index contributed by atoms with van der Waals surface area (Å²) >= 11 is 0. The van der Waals surface area contributed by atoms with E-state index in [1.54, 1.807) is 0 Å². The van der Waals surface area contributed by atoms with Crippen LogP contribution in [0.2, 0.25) is 0 Å². The Hall–Kier alpha value is -2.02. The van der Waals surface area contributed by atoms with Gasteiger partial charge in [-0.15, -0.1) is 0 Å². The predicted molar refractivity (Wildman–Crippen MR) is 86.0 cm³/mol. The molecule has 0 aliphatic heterocycles. The van der Waals surface area contributed by atoms with Gasteiger partial charge in [-0.2, -0.15) is 5.26 Å². The summed E-state index contributed by atoms with van der Waals surface area (Å²) in [6.07, 6.45) is 1.96. The number of anilines is 1. The first-order valence-electron chi connectivity index (χ1n) is 7.55. The fraction of sp³-hybridized carbons (Fsp3) is 0.529. The van der Waals surface area contributed by atoms with E-state index in [1.165, 1.54) is 0 Å². The molecular formula is C17H25N3O. The number of para-hydroxylation sites is 1. The van der Waals surface area contributed by atoms with Crippen molar-refractivity contribution in [3.63, 3.8) is 0 Å². The van der Waals surface area contributed by atoms with Gasteiger partial charge < -0.3 is 10.2 Å². The monoisotopic (exact) mass is 287 g/mol. The minimum absolute atomic E-state index is 0.141. The van der Waals surface area contributed by atoms with E-state index in [4.69, 9.17) is 0 Å². The van der Waals surface area contributed by atoms with E-state index < -0.39 is 5.41 Å². The molecule has 0 radical (unpaired) electrons. The second-order valence-corrected chi connectivity index (χ2v) is 5.27. The number of hydrogen-bond donors (Lipinski definition) is 1. The van der Waals surface area contributed by atoms with E-state index >= 15 is 0 Å². The summed E-state index contributed by atoms with van der Waals surface area (Å²) in [6, 6.07) is 12.3. The molecule has 0 aromatic heterocycles. The van der Waals surface area contributed by atoms with Crippen LogP contribution in [-0.2, 0) is 4.79 Å². The second kappa shape index (κ2) is 8.31. The summed E-state index contributed by atoms with van der Waals surface area (Å²) in [6.45, 7) is 5.23. The van der Waals surface area contributed by atoms with Crippen LogP contribution >= 0.6 is 0 Å². The van der Waals surface area contributed by atoms with Crippen LogP contribution in [0.3, 0.4) is 0 Å². The van der Waals surface area contributed by atoms with E-state index in [0.717, 1.165) is 18.7 Å². The van der Waals surface area contributed by atoms with E-state index in [1.807, 2.05) is 39.1 Å². The first-order valence-corrected chi connectivity index (χ1v) is 7.55. The fourth-order valence-corrected chi connectivity index (χ4v) is 2.28. The summed E-state index contributed by atoms with van der Waals surface area (Å²) in [5.41, 5.74) is 0.294. The third-order valence-corrected chi connectivity index (χ3v) is 4.01. The van der Waals surface area contributed by atoms with Crippen LogP contribution in [-0.4, -0.2) is 26.0 Å². The molecule has 0 unspecified atom stereocenters. The molecule has 1 aromatic rings. The van der Waals surface area contributed by atoms with Crippen LogP contribution in [0.4, 0.5) is 5.69 Å². The number of hydrogen-bond acceptors (Lipinski definition) is 3. The average Bonchev–Trinajstić information content (AvgIpc) is 2.54. The van der Waals surface area contributed by atoms with Crippen molar-refractivity contribution in [1.82, 2.24) is 5.32 Å². The normalized spacial score (nSPS) is 10.8. The topological polar surface area (TPSA) is 56.1 Å². The Balaban J connectivity index is 2.38. The van der Waals surface area contributed by atoms with Crippen LogP contribution in [0, 0.1) is 16.7 Å². The van der Waals surface area contributed by atoms with Crippen molar-refractivity contribution in [3.8, 4) is 6.07 Å². The lowest BCUT2D eigenvalue weighted by atomic mass is 9.83. The van der Waals surface area contributed by atoms with Crippen LogP contribution in [0.15, 0.2) is 30.3 Å². The number of nitrogens with zero attached hydrogens (tertiary/aromatic N) is 2. The molecular weight excluding hydrogens is 262 g/mol. The molecule has 0 atom stereocenters. The molecule has 1 N–H and O–H groups in total. The number of carbonyl (C=O) groups is 1. The molecule has 4 nitrogen and oxygen atoms in total. The SMILES string of the molecule is CCC(C#N)(CC)C(=O)NCCCN(C)c1ccccc1. The van der Waals surface area contributed by atoms with E-state index in [0.29, 0.717) is 19.4 Å². The molecule has 1 amide bonds. The number of amides is 1. The average molecular weight is 287 g/mol. The summed E-state index contributed by atoms with van der Waals surface area (Å²) < 4.78 is 0. The van der Waals surface area contributed by atoms with Crippen LogP contribution in [0.5, 0.6) is 0 Å². The van der Waals surface area contributed by atoms with E-state index in [2.05, 4.69) is 28.4 Å². The van der Waals surface area contributed by atoms with E-state index in [9.17, 15) is 10.1 Å². The Kier molecular flexibility index (Phi) is 6.74. The number of carbonyl (C=O) groups excluding carboxylic acids is 1. The first-order chi connectivity index (χ1) is 10.1. The van der Waals surface area contributed by atoms with Crippen molar-refractivity contribution >= 4 is 11.6 Å². The summed E-state index contributed by atoms with van der Waals surface area (Å²) in [5.74, 6) is -0.141. The molecule has 1 rings (SSSR count). The Morgan fingerprint density at radius 1 is 1.29 bits per heavy atom. The van der Waals surface area contributed by atoms with E-state index in [-0.39, 0.29) is 5.91 Å². The molecule has 0 heterocycles. The maximum Gasteiger partial charge on any atom is 0.240 e. The maximum absolute atomic E-state index is 12.1. The second-order valence-electron chi connectivity index (χ2n) is 5.27. The van der Waals surface area contributed by atoms with Gasteiger partial charge in [-0.3, -0.25) is 4.79 Å². The van der Waals surface area contributed by atoms with Crippen molar-refractivity contribution in [3.05, 3.63) is 30.3 Å². The van der Waals surface area contributed by atoms with Crippen LogP contribution in [0.25, 0.3) is 0 Å². The van der Waals surface area contributed by atoms with Crippen LogP contribution in [0.1, 0.15) is 33.1 Å². The van der Waals surface area contributed by atoms with Gasteiger partial charge in [0.25, 0.3) is 0 Å². The lowest BCUT2D eigenvalue weighted by molar-refractivity contribution is -0.128. The quantitative estimate of drug-likeness (QED) is 0.748. The number of nitrogens with one attached hydrogen (secondary N) is 1. The van der Waals surface area contributed by atoms with Gasteiger partial charge in [-0.05, 0) is 31.4 Å². The molecule has 0 spiro atoms. The predicted octanol–water partition coefficient (Wildman–Crippen LogP) is 2.96. The minimum atomic E-state index is -0.870. The van der Waals surface area contributed by atoms with Gasteiger partial charge >= 0.3 is 0 Å². The molecule has 0 fully saturated rings. The summed E-state index contributed by atoms with van der Waals surface area (Å²) in [7, 11) is 2.04. The molecule has 21 heavy (non-hydrogen) atoms. The highest BCUT2D eigenvalue weighted by Crippen LogP contribution is 2.25. The Morgan fingerprint density at radius 3 is 2.43 bits per heavy atom. The third-order valence-electron chi connectivity index (χ3n) is 4.01. The highest BCUT2D eigenvalue weighted by atomic mass is 16.2. The maximum atomic E-state index is 12.1. The van der Waals surface area contributed by atoms with Gasteiger partial charge in [-0.25, -0.2) is 0 Å². The summed E-state index contributed by atoms with van der Waals surface area (Å²) in [5, 5.41) is 12.1. The van der Waals surface area contributed by atoms with Crippen molar-refractivity contribution in [2.75, 3.05) is 25.0 Å². The zero-order chi connectivity index (χ0) is 15.7. The van der Waals surface area contributed by atoms with Crippen molar-refractivity contribution in [2.24, 2.45) is 5.41 Å². The standard InChI is InChI=1S/C17H25N3O/c1-4-17(5-2,14-18)16(21)19-12-9-13-20(3)15-10-7-6-8-11-15/h6-8,10-11H,4-5,9,12-13H2,1-3H3,(H,19,21). The third kappa shape index (κ3) is 4.49. The Morgan fingerprint density at radius 2 is 1.90 bits per heavy atom. The number of rotatable bonds is 8. The van der Waals surface area contributed by atoms with Gasteiger partial charge in [0, 0.05) is 25.8 Å². The van der Waals surface area contributed by atoms with Gasteiger partial charge in [0.05, 0.1) is 6.07 Å².